The van der Waals surface area contributed by atoms with Gasteiger partial charge in [-0.2, -0.15) is 0 Å². The molecular formula is C14H22O6. The molecule has 0 fully saturated rings. The third kappa shape index (κ3) is 4.51. The minimum atomic E-state index is -1.64. The summed E-state index contributed by atoms with van der Waals surface area (Å²) in [5.41, 5.74) is -1.64. The lowest BCUT2D eigenvalue weighted by molar-refractivity contribution is -0.167. The summed E-state index contributed by atoms with van der Waals surface area (Å²) in [6.45, 7) is 1.82. The fraction of sp³-hybridized carbons (Fsp3) is 0.714. The van der Waals surface area contributed by atoms with Crippen LogP contribution < -0.4 is 0 Å². The molecule has 0 aliphatic heterocycles. The van der Waals surface area contributed by atoms with Crippen LogP contribution >= 0.6 is 0 Å². The van der Waals surface area contributed by atoms with E-state index in [1.165, 1.54) is 28.4 Å². The second kappa shape index (κ2) is 9.34. The Morgan fingerprint density at radius 2 is 1.55 bits per heavy atom. The first-order valence-electron chi connectivity index (χ1n) is 6.24. The number of hydrogen-bond acceptors (Lipinski definition) is 6. The average Bonchev–Trinajstić information content (AvgIpc) is 2.49. The van der Waals surface area contributed by atoms with Crippen LogP contribution in [0.25, 0.3) is 0 Å². The van der Waals surface area contributed by atoms with Crippen molar-refractivity contribution < 1.29 is 28.5 Å². The molecule has 6 heteroatoms. The van der Waals surface area contributed by atoms with Gasteiger partial charge >= 0.3 is 11.9 Å². The molecule has 0 saturated carbocycles. The van der Waals surface area contributed by atoms with E-state index in [9.17, 15) is 9.59 Å². The monoisotopic (exact) mass is 286 g/mol. The molecule has 0 aromatic carbocycles. The second-order valence-corrected chi connectivity index (χ2v) is 3.98. The van der Waals surface area contributed by atoms with Gasteiger partial charge in [0, 0.05) is 27.1 Å². The van der Waals surface area contributed by atoms with Gasteiger partial charge in [0.15, 0.2) is 6.29 Å². The second-order valence-electron chi connectivity index (χ2n) is 3.98. The Labute approximate surface area is 119 Å². The predicted molar refractivity (Wildman–Crippen MR) is 71.6 cm³/mol. The van der Waals surface area contributed by atoms with Crippen LogP contribution in [0.2, 0.25) is 0 Å². The Balaban J connectivity index is 5.39. The van der Waals surface area contributed by atoms with Gasteiger partial charge in [-0.15, -0.1) is 5.92 Å². The fourth-order valence-corrected chi connectivity index (χ4v) is 1.71. The molecule has 6 nitrogen and oxygen atoms in total. The number of carbonyl (C=O) groups is 2. The molecule has 0 aromatic rings. The van der Waals surface area contributed by atoms with Crippen molar-refractivity contribution in [2.75, 3.05) is 28.4 Å². The van der Waals surface area contributed by atoms with Gasteiger partial charge in [0.1, 0.15) is 0 Å². The molecule has 0 bridgehead atoms. The van der Waals surface area contributed by atoms with Gasteiger partial charge in [0.2, 0.25) is 5.41 Å². The summed E-state index contributed by atoms with van der Waals surface area (Å²) in [5.74, 6) is 3.94. The van der Waals surface area contributed by atoms with Crippen LogP contribution in [0.3, 0.4) is 0 Å². The molecule has 0 aromatic heterocycles. The first-order valence-corrected chi connectivity index (χ1v) is 6.24. The Kier molecular flexibility index (Phi) is 8.61. The van der Waals surface area contributed by atoms with Crippen molar-refractivity contribution in [2.45, 2.75) is 32.5 Å². The molecule has 0 atom stereocenters. The lowest BCUT2D eigenvalue weighted by atomic mass is 9.83. The number of ether oxygens (including phenoxy) is 4. The maximum atomic E-state index is 12.0. The van der Waals surface area contributed by atoms with Crippen LogP contribution in [0.4, 0.5) is 0 Å². The SMILES string of the molecule is CCC#CC(CCC(OC)OC)(C(=O)OC)C(=O)OC. The highest BCUT2D eigenvalue weighted by atomic mass is 16.7. The third-order valence-electron chi connectivity index (χ3n) is 2.83. The van der Waals surface area contributed by atoms with E-state index in [0.717, 1.165) is 0 Å². The van der Waals surface area contributed by atoms with Gasteiger partial charge in [-0.05, 0) is 6.42 Å². The predicted octanol–water partition coefficient (Wildman–Crippen LogP) is 1.13. The molecule has 0 spiro atoms. The van der Waals surface area contributed by atoms with Crippen molar-refractivity contribution in [1.29, 1.82) is 0 Å². The Morgan fingerprint density at radius 3 is 1.90 bits per heavy atom. The van der Waals surface area contributed by atoms with Gasteiger partial charge in [0.05, 0.1) is 14.2 Å². The van der Waals surface area contributed by atoms with Gasteiger partial charge in [-0.1, -0.05) is 12.8 Å². The zero-order valence-corrected chi connectivity index (χ0v) is 12.6. The fourth-order valence-electron chi connectivity index (χ4n) is 1.71. The van der Waals surface area contributed by atoms with Crippen molar-refractivity contribution in [3.63, 3.8) is 0 Å². The molecule has 114 valence electrons. The van der Waals surface area contributed by atoms with Gasteiger partial charge in [-0.3, -0.25) is 0 Å². The number of esters is 2. The number of rotatable bonds is 7. The Bertz CT molecular complexity index is 359. The minimum absolute atomic E-state index is 0.0890. The Hall–Kier alpha value is -1.58. The van der Waals surface area contributed by atoms with Gasteiger partial charge in [-0.25, -0.2) is 9.59 Å². The highest BCUT2D eigenvalue weighted by Gasteiger charge is 2.47. The summed E-state index contributed by atoms with van der Waals surface area (Å²) in [6.07, 6.45) is 0.363. The number of hydrogen-bond donors (Lipinski definition) is 0. The van der Waals surface area contributed by atoms with Crippen LogP contribution in [0.1, 0.15) is 26.2 Å². The quantitative estimate of drug-likeness (QED) is 0.302. The lowest BCUT2D eigenvalue weighted by Crippen LogP contribution is -2.41. The van der Waals surface area contributed by atoms with Crippen LogP contribution in [0.5, 0.6) is 0 Å². The maximum absolute atomic E-state index is 12.0. The van der Waals surface area contributed by atoms with E-state index in [2.05, 4.69) is 11.8 Å². The van der Waals surface area contributed by atoms with E-state index in [1.807, 2.05) is 6.92 Å². The van der Waals surface area contributed by atoms with Crippen molar-refractivity contribution in [1.82, 2.24) is 0 Å². The van der Waals surface area contributed by atoms with Crippen LogP contribution in [0, 0.1) is 17.3 Å². The van der Waals surface area contributed by atoms with E-state index in [4.69, 9.17) is 18.9 Å². The summed E-state index contributed by atoms with van der Waals surface area (Å²) < 4.78 is 19.5. The molecule has 0 aliphatic rings. The van der Waals surface area contributed by atoms with Crippen LogP contribution in [-0.2, 0) is 28.5 Å². The molecule has 0 unspecified atom stereocenters. The van der Waals surface area contributed by atoms with E-state index in [1.54, 1.807) is 0 Å². The summed E-state index contributed by atoms with van der Waals surface area (Å²) in [6, 6.07) is 0. The van der Waals surface area contributed by atoms with Crippen molar-refractivity contribution >= 4 is 11.9 Å². The topological polar surface area (TPSA) is 71.1 Å². The zero-order chi connectivity index (χ0) is 15.6. The molecular weight excluding hydrogens is 264 g/mol. The molecule has 0 saturated heterocycles. The van der Waals surface area contributed by atoms with E-state index in [0.29, 0.717) is 12.8 Å². The molecule has 0 aliphatic carbocycles. The molecule has 20 heavy (non-hydrogen) atoms. The molecule has 0 amide bonds. The zero-order valence-electron chi connectivity index (χ0n) is 12.6. The third-order valence-corrected chi connectivity index (χ3v) is 2.83. The number of methoxy groups -OCH3 is 4. The van der Waals surface area contributed by atoms with E-state index < -0.39 is 23.6 Å². The lowest BCUT2D eigenvalue weighted by Gasteiger charge is -2.24. The summed E-state index contributed by atoms with van der Waals surface area (Å²) in [4.78, 5) is 24.0. The van der Waals surface area contributed by atoms with Crippen molar-refractivity contribution in [2.24, 2.45) is 5.41 Å². The number of carbonyl (C=O) groups excluding carboxylic acids is 2. The molecule has 0 heterocycles. The van der Waals surface area contributed by atoms with Gasteiger partial charge in [0.25, 0.3) is 0 Å². The summed E-state index contributed by atoms with van der Waals surface area (Å²) >= 11 is 0. The minimum Gasteiger partial charge on any atom is -0.467 e. The molecule has 0 N–H and O–H groups in total. The first kappa shape index (κ1) is 18.4. The standard InChI is InChI=1S/C14H22O6/c1-6-7-9-14(12(15)19-4,13(16)20-5)10-8-11(17-2)18-3/h11H,6,8,10H2,1-5H3. The van der Waals surface area contributed by atoms with Crippen LogP contribution in [0.15, 0.2) is 0 Å². The normalized spacial score (nSPS) is 10.7. The molecule has 0 rings (SSSR count). The van der Waals surface area contributed by atoms with Crippen molar-refractivity contribution in [3.8, 4) is 11.8 Å². The highest BCUT2D eigenvalue weighted by Crippen LogP contribution is 2.28. The van der Waals surface area contributed by atoms with Gasteiger partial charge < -0.3 is 18.9 Å². The summed E-state index contributed by atoms with van der Waals surface area (Å²) in [7, 11) is 5.36. The first-order chi connectivity index (χ1) is 9.52. The average molecular weight is 286 g/mol. The van der Waals surface area contributed by atoms with E-state index in [-0.39, 0.29) is 6.42 Å². The van der Waals surface area contributed by atoms with Crippen LogP contribution in [-0.4, -0.2) is 46.7 Å². The molecule has 0 radical (unpaired) electrons. The van der Waals surface area contributed by atoms with E-state index >= 15 is 0 Å². The maximum Gasteiger partial charge on any atom is 0.335 e. The smallest absolute Gasteiger partial charge is 0.335 e. The van der Waals surface area contributed by atoms with Crippen molar-refractivity contribution in [3.05, 3.63) is 0 Å². The Morgan fingerprint density at radius 1 is 1.05 bits per heavy atom. The largest absolute Gasteiger partial charge is 0.467 e. The summed E-state index contributed by atoms with van der Waals surface area (Å²) in [5, 5.41) is 0. The highest BCUT2D eigenvalue weighted by molar-refractivity contribution is 6.03.